The highest BCUT2D eigenvalue weighted by Gasteiger charge is 2.18. The van der Waals surface area contributed by atoms with Gasteiger partial charge in [-0.15, -0.1) is 0 Å². The quantitative estimate of drug-likeness (QED) is 0.530. The molecule has 13 heavy (non-hydrogen) atoms. The Kier molecular flexibility index (Phi) is 7.10. The first kappa shape index (κ1) is 12.8. The molecule has 0 aliphatic carbocycles. The highest BCUT2D eigenvalue weighted by atomic mass is 79.9. The van der Waals surface area contributed by atoms with E-state index in [1.54, 1.807) is 12.2 Å². The fraction of sp³-hybridized carbons (Fsp3) is 0.500. The highest BCUT2D eigenvalue weighted by Crippen LogP contribution is 2.56. The molecule has 0 aliphatic rings. The standard InChI is InChI=1S/C8H14BrO3P/c1-3-5-7-11-13(9,10)12-8-6-4-2/h5-8H,3-4H2,1-2H3. The summed E-state index contributed by atoms with van der Waals surface area (Å²) in [6.07, 6.45) is 4.79. The third kappa shape index (κ3) is 8.13. The summed E-state index contributed by atoms with van der Waals surface area (Å²) in [5, 5.41) is 0. The average molecular weight is 269 g/mol. The largest absolute Gasteiger partial charge is 0.497 e. The second-order valence-electron chi connectivity index (χ2n) is 2.20. The molecule has 0 saturated carbocycles. The van der Waals surface area contributed by atoms with Gasteiger partial charge in [-0.25, -0.2) is 4.57 Å². The SMILES string of the molecule is CCC=COP(=O)(Br)OC=CCC. The minimum Gasteiger partial charge on any atom is -0.417 e. The first-order valence-corrected chi connectivity index (χ1v) is 7.65. The van der Waals surface area contributed by atoms with Crippen molar-refractivity contribution < 1.29 is 13.6 Å². The summed E-state index contributed by atoms with van der Waals surface area (Å²) in [5.74, 6) is 0. The first-order chi connectivity index (χ1) is 6.12. The van der Waals surface area contributed by atoms with Crippen LogP contribution in [0.3, 0.4) is 0 Å². The predicted molar refractivity (Wildman–Crippen MR) is 57.6 cm³/mol. The van der Waals surface area contributed by atoms with Crippen molar-refractivity contribution in [1.82, 2.24) is 0 Å². The smallest absolute Gasteiger partial charge is 0.417 e. The Morgan fingerprint density at radius 2 is 1.54 bits per heavy atom. The third-order valence-electron chi connectivity index (χ3n) is 1.04. The number of hydrogen-bond donors (Lipinski definition) is 0. The molecule has 0 aromatic rings. The lowest BCUT2D eigenvalue weighted by molar-refractivity contribution is 0.349. The monoisotopic (exact) mass is 268 g/mol. The van der Waals surface area contributed by atoms with Crippen molar-refractivity contribution in [2.75, 3.05) is 0 Å². The molecular weight excluding hydrogens is 255 g/mol. The summed E-state index contributed by atoms with van der Waals surface area (Å²) in [6, 6.07) is 0. The fourth-order valence-corrected chi connectivity index (χ4v) is 1.54. The molecule has 0 radical (unpaired) electrons. The molecule has 0 saturated heterocycles. The van der Waals surface area contributed by atoms with Crippen molar-refractivity contribution in [3.05, 3.63) is 24.7 Å². The van der Waals surface area contributed by atoms with Gasteiger partial charge in [0, 0.05) is 0 Å². The number of allylic oxidation sites excluding steroid dienone is 2. The van der Waals surface area contributed by atoms with E-state index in [4.69, 9.17) is 9.05 Å². The van der Waals surface area contributed by atoms with Crippen LogP contribution in [0.5, 0.6) is 0 Å². The van der Waals surface area contributed by atoms with Crippen LogP contribution in [-0.2, 0) is 13.6 Å². The van der Waals surface area contributed by atoms with E-state index < -0.39 is 6.30 Å². The molecule has 0 unspecified atom stereocenters. The van der Waals surface area contributed by atoms with Crippen LogP contribution in [0.4, 0.5) is 0 Å². The topological polar surface area (TPSA) is 35.5 Å². The maximum absolute atomic E-state index is 11.3. The Morgan fingerprint density at radius 1 is 1.15 bits per heavy atom. The zero-order valence-electron chi connectivity index (χ0n) is 7.77. The summed E-state index contributed by atoms with van der Waals surface area (Å²) in [5.41, 5.74) is 0. The fourth-order valence-electron chi connectivity index (χ4n) is 0.449. The lowest BCUT2D eigenvalue weighted by Gasteiger charge is -2.07. The molecule has 0 amide bonds. The Balaban J connectivity index is 3.86. The van der Waals surface area contributed by atoms with Crippen LogP contribution in [0.15, 0.2) is 24.7 Å². The number of rotatable bonds is 6. The van der Waals surface area contributed by atoms with Crippen molar-refractivity contribution in [3.63, 3.8) is 0 Å². The van der Waals surface area contributed by atoms with Crippen molar-refractivity contribution in [2.24, 2.45) is 0 Å². The molecule has 0 atom stereocenters. The van der Waals surface area contributed by atoms with Crippen LogP contribution >= 0.6 is 21.8 Å². The van der Waals surface area contributed by atoms with Gasteiger partial charge in [0.1, 0.15) is 0 Å². The van der Waals surface area contributed by atoms with E-state index >= 15 is 0 Å². The molecule has 0 N–H and O–H groups in total. The van der Waals surface area contributed by atoms with Gasteiger partial charge in [0.25, 0.3) is 0 Å². The molecule has 76 valence electrons. The van der Waals surface area contributed by atoms with Gasteiger partial charge in [-0.05, 0) is 25.0 Å². The van der Waals surface area contributed by atoms with E-state index in [1.807, 2.05) is 13.8 Å². The van der Waals surface area contributed by atoms with Gasteiger partial charge in [-0.2, -0.15) is 0 Å². The van der Waals surface area contributed by atoms with E-state index in [0.717, 1.165) is 12.8 Å². The maximum atomic E-state index is 11.3. The minimum atomic E-state index is -3.11. The maximum Gasteiger partial charge on any atom is 0.497 e. The Labute approximate surface area is 87.1 Å². The average Bonchev–Trinajstić information content (AvgIpc) is 2.05. The van der Waals surface area contributed by atoms with Crippen molar-refractivity contribution in [1.29, 1.82) is 0 Å². The summed E-state index contributed by atoms with van der Waals surface area (Å²) >= 11 is 2.85. The highest BCUT2D eigenvalue weighted by molar-refractivity contribution is 9.39. The molecular formula is C8H14BrO3P. The molecule has 0 spiro atoms. The zero-order chi connectivity index (χ0) is 10.2. The van der Waals surface area contributed by atoms with Gasteiger partial charge in [0.2, 0.25) is 0 Å². The summed E-state index contributed by atoms with van der Waals surface area (Å²) in [6.45, 7) is 3.91. The molecule has 0 aromatic carbocycles. The first-order valence-electron chi connectivity index (χ1n) is 4.09. The minimum absolute atomic E-state index is 0.831. The summed E-state index contributed by atoms with van der Waals surface area (Å²) in [7, 11) is 0. The normalized spacial score (nSPS) is 16.2. The third-order valence-corrected chi connectivity index (χ3v) is 2.79. The molecule has 0 fully saturated rings. The lowest BCUT2D eigenvalue weighted by Crippen LogP contribution is -1.76. The summed E-state index contributed by atoms with van der Waals surface area (Å²) < 4.78 is 21.0. The van der Waals surface area contributed by atoms with Gasteiger partial charge in [-0.3, -0.25) is 0 Å². The van der Waals surface area contributed by atoms with Gasteiger partial charge < -0.3 is 9.05 Å². The second kappa shape index (κ2) is 7.22. The second-order valence-corrected chi connectivity index (χ2v) is 6.09. The van der Waals surface area contributed by atoms with Crippen LogP contribution in [0.25, 0.3) is 0 Å². The summed E-state index contributed by atoms with van der Waals surface area (Å²) in [4.78, 5) is 0. The molecule has 0 aliphatic heterocycles. The molecule has 5 heteroatoms. The van der Waals surface area contributed by atoms with Crippen LogP contribution in [-0.4, -0.2) is 0 Å². The zero-order valence-corrected chi connectivity index (χ0v) is 10.3. The van der Waals surface area contributed by atoms with Gasteiger partial charge >= 0.3 is 6.30 Å². The molecule has 3 nitrogen and oxygen atoms in total. The molecule has 0 bridgehead atoms. The van der Waals surface area contributed by atoms with Gasteiger partial charge in [0.05, 0.1) is 28.0 Å². The molecule has 0 aromatic heterocycles. The van der Waals surface area contributed by atoms with Gasteiger partial charge in [0.15, 0.2) is 0 Å². The van der Waals surface area contributed by atoms with Crippen LogP contribution < -0.4 is 0 Å². The van der Waals surface area contributed by atoms with Gasteiger partial charge in [-0.1, -0.05) is 13.8 Å². The Bertz CT molecular complexity index is 205. The van der Waals surface area contributed by atoms with Crippen molar-refractivity contribution in [3.8, 4) is 0 Å². The molecule has 0 heterocycles. The number of halogens is 1. The van der Waals surface area contributed by atoms with E-state index in [9.17, 15) is 4.57 Å². The Morgan fingerprint density at radius 3 is 1.85 bits per heavy atom. The van der Waals surface area contributed by atoms with E-state index in [-0.39, 0.29) is 0 Å². The molecule has 0 rings (SSSR count). The van der Waals surface area contributed by atoms with Crippen LogP contribution in [0.2, 0.25) is 0 Å². The Hall–Kier alpha value is -0.210. The predicted octanol–water partition coefficient (Wildman–Crippen LogP) is 4.37. The van der Waals surface area contributed by atoms with E-state index in [2.05, 4.69) is 15.5 Å². The van der Waals surface area contributed by atoms with E-state index in [1.165, 1.54) is 12.5 Å². The lowest BCUT2D eigenvalue weighted by atomic mass is 10.5. The van der Waals surface area contributed by atoms with Crippen LogP contribution in [0, 0.1) is 0 Å². The van der Waals surface area contributed by atoms with Crippen LogP contribution in [0.1, 0.15) is 26.7 Å². The van der Waals surface area contributed by atoms with E-state index in [0.29, 0.717) is 0 Å². The number of hydrogen-bond acceptors (Lipinski definition) is 3. The van der Waals surface area contributed by atoms with Crippen molar-refractivity contribution in [2.45, 2.75) is 26.7 Å². The van der Waals surface area contributed by atoms with Crippen molar-refractivity contribution >= 4 is 21.8 Å².